The number of alkyl halides is 4. The number of carbonyl (C=O) groups is 1. The third kappa shape index (κ3) is 13.4. The zero-order chi connectivity index (χ0) is 20.3. The molecular formula is C9H19Br2Cl2NO8P2S. The van der Waals surface area contributed by atoms with Gasteiger partial charge < -0.3 is 14.4 Å². The third-order valence-electron chi connectivity index (χ3n) is 2.01. The van der Waals surface area contributed by atoms with Gasteiger partial charge in [-0.25, -0.2) is 9.13 Å². The highest BCUT2D eigenvalue weighted by Gasteiger charge is 2.38. The van der Waals surface area contributed by atoms with E-state index in [9.17, 15) is 13.9 Å². The van der Waals surface area contributed by atoms with Gasteiger partial charge >= 0.3 is 14.6 Å². The van der Waals surface area contributed by atoms with Gasteiger partial charge in [-0.1, -0.05) is 39.1 Å². The van der Waals surface area contributed by atoms with Crippen molar-refractivity contribution in [1.82, 2.24) is 5.32 Å². The second-order valence-electron chi connectivity index (χ2n) is 3.53. The summed E-state index contributed by atoms with van der Waals surface area (Å²) in [5.74, 6) is -0.149. The van der Waals surface area contributed by atoms with Crippen molar-refractivity contribution in [2.24, 2.45) is 0 Å². The third-order valence-corrected chi connectivity index (χ3v) is 10.3. The lowest BCUT2D eigenvalue weighted by molar-refractivity contribution is -0.118. The van der Waals surface area contributed by atoms with Gasteiger partial charge in [0, 0.05) is 35.5 Å². The smallest absolute Gasteiger partial charge is 0.358 e. The lowest BCUT2D eigenvalue weighted by Gasteiger charge is -2.22. The molecule has 0 rings (SSSR count). The first kappa shape index (κ1) is 28.8. The molecule has 16 heteroatoms. The highest BCUT2D eigenvalue weighted by atomic mass is 79.9. The number of halogens is 4. The first-order valence-corrected chi connectivity index (χ1v) is 13.1. The molecule has 0 saturated carbocycles. The van der Waals surface area contributed by atoms with E-state index in [0.29, 0.717) is 0 Å². The Morgan fingerprint density at radius 2 is 1.60 bits per heavy atom. The van der Waals surface area contributed by atoms with Crippen molar-refractivity contribution < 1.29 is 36.5 Å². The van der Waals surface area contributed by atoms with Crippen molar-refractivity contribution in [1.29, 1.82) is 0 Å². The van der Waals surface area contributed by atoms with Crippen LogP contribution in [0.25, 0.3) is 0 Å². The number of phosphoric ester groups is 1. The molecule has 1 atom stereocenters. The molecular weight excluding hydrogens is 575 g/mol. The van der Waals surface area contributed by atoms with Crippen LogP contribution in [0.1, 0.15) is 0 Å². The first-order chi connectivity index (χ1) is 11.3. The lowest BCUT2D eigenvalue weighted by atomic mass is 10.7. The molecule has 25 heavy (non-hydrogen) atoms. The first-order valence-electron chi connectivity index (χ1n) is 6.00. The minimum atomic E-state index is -3.58. The summed E-state index contributed by atoms with van der Waals surface area (Å²) in [5, 5.41) is 1.46. The van der Waals surface area contributed by atoms with Crippen LogP contribution in [0.15, 0.2) is 0 Å². The van der Waals surface area contributed by atoms with E-state index in [-0.39, 0.29) is 11.7 Å². The number of phosphoric acid groups is 1. The Kier molecular flexibility index (Phi) is 15.8. The average Bonchev–Trinajstić information content (AvgIpc) is 2.58. The molecule has 0 heterocycles. The lowest BCUT2D eigenvalue weighted by Crippen LogP contribution is -2.21. The predicted octanol–water partition coefficient (Wildman–Crippen LogP) is 4.52. The van der Waals surface area contributed by atoms with E-state index in [1.165, 1.54) is 35.5 Å². The quantitative estimate of drug-likeness (QED) is 0.289. The van der Waals surface area contributed by atoms with Gasteiger partial charge in [-0.2, -0.15) is 0 Å². The molecule has 0 aliphatic rings. The highest BCUT2D eigenvalue weighted by molar-refractivity contribution is 9.13. The molecule has 1 unspecified atom stereocenters. The molecule has 0 aliphatic carbocycles. The van der Waals surface area contributed by atoms with Crippen LogP contribution in [0.4, 0.5) is 0 Å². The molecule has 1 N–H and O–H groups in total. The topological polar surface area (TPSA) is 109 Å². The molecule has 0 aromatic carbocycles. The van der Waals surface area contributed by atoms with Crippen LogP contribution >= 0.6 is 81.1 Å². The van der Waals surface area contributed by atoms with Gasteiger partial charge in [0.25, 0.3) is 0 Å². The highest BCUT2D eigenvalue weighted by Crippen LogP contribution is 2.59. The number of amides is 1. The van der Waals surface area contributed by atoms with Gasteiger partial charge in [-0.3, -0.25) is 18.4 Å². The largest absolute Gasteiger partial charge is 0.475 e. The van der Waals surface area contributed by atoms with Gasteiger partial charge in [0.15, 0.2) is 5.01 Å². The number of nitrogens with one attached hydrogen (secondary N) is 1. The van der Waals surface area contributed by atoms with E-state index < -0.39 is 22.9 Å². The Bertz CT molecular complexity index is 483. The maximum absolute atomic E-state index is 11.4. The van der Waals surface area contributed by atoms with Gasteiger partial charge in [0.1, 0.15) is 0 Å². The molecule has 0 bridgehead atoms. The van der Waals surface area contributed by atoms with E-state index in [1.54, 1.807) is 0 Å². The Morgan fingerprint density at radius 3 is 1.88 bits per heavy atom. The minimum Gasteiger partial charge on any atom is -0.358 e. The fourth-order valence-corrected chi connectivity index (χ4v) is 4.73. The summed E-state index contributed by atoms with van der Waals surface area (Å²) in [6.07, 6.45) is 0. The van der Waals surface area contributed by atoms with Crippen molar-refractivity contribution in [2.45, 2.75) is 8.26 Å². The van der Waals surface area contributed by atoms with E-state index in [1.807, 2.05) is 0 Å². The van der Waals surface area contributed by atoms with Crippen LogP contribution in [-0.4, -0.2) is 55.4 Å². The van der Waals surface area contributed by atoms with Gasteiger partial charge in [0.2, 0.25) is 9.15 Å². The minimum absolute atomic E-state index is 0.0649. The molecule has 0 aromatic heterocycles. The van der Waals surface area contributed by atoms with Crippen molar-refractivity contribution in [3.05, 3.63) is 0 Å². The number of hydrogen-bond acceptors (Lipinski definition) is 9. The summed E-state index contributed by atoms with van der Waals surface area (Å²) in [7, 11) is 2.85. The molecule has 0 radical (unpaired) electrons. The SMILES string of the molecule is CNC(=O)CSP(=O)(OC)OC.COP(=O)(OC)OC(Br)C(Cl)(Cl)Br. The second-order valence-corrected chi connectivity index (χ2v) is 14.0. The van der Waals surface area contributed by atoms with Gasteiger partial charge in [-0.05, 0) is 27.3 Å². The van der Waals surface area contributed by atoms with E-state index >= 15 is 0 Å². The molecule has 9 nitrogen and oxygen atoms in total. The molecule has 0 spiro atoms. The number of hydrogen-bond donors (Lipinski definition) is 1. The summed E-state index contributed by atoms with van der Waals surface area (Å²) in [4.78, 5) is 10.7. The number of rotatable bonds is 10. The molecule has 0 aromatic rings. The van der Waals surface area contributed by atoms with Gasteiger partial charge in [0.05, 0.1) is 5.75 Å². The Balaban J connectivity index is 0. The summed E-state index contributed by atoms with van der Waals surface area (Å²) < 4.78 is 44.3. The summed E-state index contributed by atoms with van der Waals surface area (Å²) in [6.45, 7) is -3.09. The van der Waals surface area contributed by atoms with Crippen molar-refractivity contribution >= 4 is 87.0 Å². The Labute approximate surface area is 177 Å². The zero-order valence-electron chi connectivity index (χ0n) is 13.9. The average molecular weight is 594 g/mol. The summed E-state index contributed by atoms with van der Waals surface area (Å²) >= 11 is 17.9. The molecule has 152 valence electrons. The van der Waals surface area contributed by atoms with Crippen LogP contribution in [0.2, 0.25) is 0 Å². The van der Waals surface area contributed by atoms with E-state index in [2.05, 4.69) is 55.3 Å². The van der Waals surface area contributed by atoms with E-state index in [0.717, 1.165) is 11.4 Å². The van der Waals surface area contributed by atoms with Crippen molar-refractivity contribution in [2.75, 3.05) is 41.2 Å². The monoisotopic (exact) mass is 591 g/mol. The maximum Gasteiger partial charge on any atom is 0.475 e. The van der Waals surface area contributed by atoms with E-state index in [4.69, 9.17) is 27.7 Å². The van der Waals surface area contributed by atoms with Gasteiger partial charge in [-0.15, -0.1) is 0 Å². The Hall–Kier alpha value is 1.62. The Morgan fingerprint density at radius 1 is 1.16 bits per heavy atom. The number of carbonyl (C=O) groups excluding carboxylic acids is 1. The maximum atomic E-state index is 11.4. The van der Waals surface area contributed by atoms with Crippen LogP contribution in [0.3, 0.4) is 0 Å². The van der Waals surface area contributed by atoms with Crippen LogP contribution in [-0.2, 0) is 36.5 Å². The molecule has 0 fully saturated rings. The fourth-order valence-electron chi connectivity index (χ4n) is 0.724. The molecule has 1 amide bonds. The van der Waals surface area contributed by atoms with Crippen LogP contribution < -0.4 is 5.32 Å². The fraction of sp³-hybridized carbons (Fsp3) is 0.889. The normalized spacial score (nSPS) is 13.6. The summed E-state index contributed by atoms with van der Waals surface area (Å²) in [6, 6.07) is 0. The summed E-state index contributed by atoms with van der Waals surface area (Å²) in [5.41, 5.74) is 0. The van der Waals surface area contributed by atoms with Crippen molar-refractivity contribution in [3.63, 3.8) is 0 Å². The van der Waals surface area contributed by atoms with Crippen LogP contribution in [0, 0.1) is 0 Å². The molecule has 0 aliphatic heterocycles. The van der Waals surface area contributed by atoms with Crippen LogP contribution in [0.5, 0.6) is 0 Å². The zero-order valence-corrected chi connectivity index (χ0v) is 21.2. The molecule has 0 saturated heterocycles. The standard InChI is InChI=1S/C5H12NO4PS.C4H7Br2Cl2O4P/c1-6-5(7)4-12-11(8,9-2)10-3;1-10-13(9,11-2)12-3(5)4(6,7)8/h4H2,1-3H3,(H,6,7);3H,1-2H3. The predicted molar refractivity (Wildman–Crippen MR) is 107 cm³/mol. The second kappa shape index (κ2) is 13.7. The van der Waals surface area contributed by atoms with Crippen molar-refractivity contribution in [3.8, 4) is 0 Å².